The van der Waals surface area contributed by atoms with Gasteiger partial charge in [0.15, 0.2) is 6.61 Å². The van der Waals surface area contributed by atoms with Crippen molar-refractivity contribution in [3.8, 4) is 5.75 Å². The molecule has 0 fully saturated rings. The van der Waals surface area contributed by atoms with E-state index in [1.807, 2.05) is 61.5 Å². The van der Waals surface area contributed by atoms with Crippen LogP contribution in [0.25, 0.3) is 0 Å². The van der Waals surface area contributed by atoms with Gasteiger partial charge in [-0.2, -0.15) is 4.80 Å². The van der Waals surface area contributed by atoms with Crippen molar-refractivity contribution in [1.82, 2.24) is 25.1 Å². The molecular weight excluding hydrogens is 330 g/mol. The van der Waals surface area contributed by atoms with Crippen molar-refractivity contribution >= 4 is 5.91 Å². The third-order valence-electron chi connectivity index (χ3n) is 3.98. The lowest BCUT2D eigenvalue weighted by molar-refractivity contribution is -0.131. The molecule has 0 aliphatic carbocycles. The molecule has 3 aromatic rings. The molecule has 0 bridgehead atoms. The highest BCUT2D eigenvalue weighted by molar-refractivity contribution is 5.75. The Bertz CT molecular complexity index is 863. The average Bonchev–Trinajstić information content (AvgIpc) is 3.10. The van der Waals surface area contributed by atoms with Gasteiger partial charge in [0, 0.05) is 13.6 Å². The molecule has 0 aliphatic rings. The van der Waals surface area contributed by atoms with Crippen molar-refractivity contribution in [1.29, 1.82) is 0 Å². The van der Waals surface area contributed by atoms with Gasteiger partial charge in [0.1, 0.15) is 12.3 Å². The molecule has 1 heterocycles. The van der Waals surface area contributed by atoms with E-state index in [1.54, 1.807) is 11.9 Å². The average molecular weight is 351 g/mol. The number of aromatic nitrogens is 4. The van der Waals surface area contributed by atoms with Gasteiger partial charge in [-0.15, -0.1) is 10.2 Å². The number of benzene rings is 2. The molecule has 0 radical (unpaired) electrons. The molecule has 3 rings (SSSR count). The maximum absolute atomic E-state index is 12.4. The number of para-hydroxylation sites is 1. The van der Waals surface area contributed by atoms with E-state index in [0.29, 0.717) is 12.4 Å². The predicted octanol–water partition coefficient (Wildman–Crippen LogP) is 2.22. The van der Waals surface area contributed by atoms with E-state index >= 15 is 0 Å². The Labute approximate surface area is 152 Å². The van der Waals surface area contributed by atoms with Crippen molar-refractivity contribution < 1.29 is 9.53 Å². The fourth-order valence-corrected chi connectivity index (χ4v) is 2.44. The highest BCUT2D eigenvalue weighted by Crippen LogP contribution is 2.11. The first kappa shape index (κ1) is 17.6. The minimum atomic E-state index is -0.0822. The lowest BCUT2D eigenvalue weighted by Gasteiger charge is -2.18. The SMILES string of the molecule is Cc1ccccc1CN(C)C(=O)Cn1nnc(COc2ccccc2)n1. The van der Waals surface area contributed by atoms with Crippen LogP contribution in [0.2, 0.25) is 0 Å². The molecule has 0 N–H and O–H groups in total. The highest BCUT2D eigenvalue weighted by Gasteiger charge is 2.13. The van der Waals surface area contributed by atoms with E-state index in [9.17, 15) is 4.79 Å². The van der Waals surface area contributed by atoms with Gasteiger partial charge >= 0.3 is 0 Å². The van der Waals surface area contributed by atoms with Crippen molar-refractivity contribution in [3.63, 3.8) is 0 Å². The summed E-state index contributed by atoms with van der Waals surface area (Å²) in [6.45, 7) is 2.83. The van der Waals surface area contributed by atoms with Crippen LogP contribution in [0.15, 0.2) is 54.6 Å². The molecule has 134 valence electrons. The number of likely N-dealkylation sites (N-methyl/N-ethyl adjacent to an activating group) is 1. The number of hydrogen-bond donors (Lipinski definition) is 0. The molecule has 1 amide bonds. The van der Waals surface area contributed by atoms with Crippen LogP contribution in [0.4, 0.5) is 0 Å². The molecule has 0 aliphatic heterocycles. The second-order valence-corrected chi connectivity index (χ2v) is 6.01. The monoisotopic (exact) mass is 351 g/mol. The zero-order chi connectivity index (χ0) is 18.4. The molecule has 7 nitrogen and oxygen atoms in total. The normalized spacial score (nSPS) is 10.5. The van der Waals surface area contributed by atoms with E-state index in [1.165, 1.54) is 4.80 Å². The van der Waals surface area contributed by atoms with Crippen molar-refractivity contribution in [2.24, 2.45) is 0 Å². The molecule has 0 atom stereocenters. The number of tetrazole rings is 1. The third-order valence-corrected chi connectivity index (χ3v) is 3.98. The van der Waals surface area contributed by atoms with Crippen LogP contribution in [0.1, 0.15) is 17.0 Å². The highest BCUT2D eigenvalue weighted by atomic mass is 16.5. The summed E-state index contributed by atoms with van der Waals surface area (Å²) >= 11 is 0. The minimum Gasteiger partial charge on any atom is -0.485 e. The summed E-state index contributed by atoms with van der Waals surface area (Å²) in [5.41, 5.74) is 2.28. The predicted molar refractivity (Wildman–Crippen MR) is 96.2 cm³/mol. The van der Waals surface area contributed by atoms with Crippen molar-refractivity contribution in [2.75, 3.05) is 7.05 Å². The van der Waals surface area contributed by atoms with Crippen LogP contribution < -0.4 is 4.74 Å². The van der Waals surface area contributed by atoms with Crippen LogP contribution >= 0.6 is 0 Å². The zero-order valence-corrected chi connectivity index (χ0v) is 14.9. The Balaban J connectivity index is 1.53. The Morgan fingerprint density at radius 3 is 2.62 bits per heavy atom. The van der Waals surface area contributed by atoms with E-state index in [4.69, 9.17) is 4.74 Å². The van der Waals surface area contributed by atoms with Gasteiger partial charge < -0.3 is 9.64 Å². The molecule has 7 heteroatoms. The van der Waals surface area contributed by atoms with Crippen LogP contribution in [0, 0.1) is 6.92 Å². The molecule has 0 saturated heterocycles. The van der Waals surface area contributed by atoms with Crippen LogP contribution in [0.3, 0.4) is 0 Å². The van der Waals surface area contributed by atoms with Crippen molar-refractivity contribution in [3.05, 3.63) is 71.5 Å². The number of rotatable bonds is 7. The standard InChI is InChI=1S/C19H21N5O2/c1-15-8-6-7-9-16(15)12-23(2)19(25)13-24-21-18(20-22-24)14-26-17-10-4-3-5-11-17/h3-11H,12-14H2,1-2H3. The maximum atomic E-state index is 12.4. The number of carbonyl (C=O) groups excluding carboxylic acids is 1. The second-order valence-electron chi connectivity index (χ2n) is 6.01. The fourth-order valence-electron chi connectivity index (χ4n) is 2.44. The lowest BCUT2D eigenvalue weighted by atomic mass is 10.1. The largest absolute Gasteiger partial charge is 0.485 e. The van der Waals surface area contributed by atoms with E-state index in [0.717, 1.165) is 16.9 Å². The Morgan fingerprint density at radius 1 is 1.12 bits per heavy atom. The number of amides is 1. The fraction of sp³-hybridized carbons (Fsp3) is 0.263. The first-order chi connectivity index (χ1) is 12.6. The van der Waals surface area contributed by atoms with E-state index in [-0.39, 0.29) is 19.1 Å². The number of carbonyl (C=O) groups is 1. The third kappa shape index (κ3) is 4.66. The maximum Gasteiger partial charge on any atom is 0.246 e. The summed E-state index contributed by atoms with van der Waals surface area (Å²) in [4.78, 5) is 15.3. The van der Waals surface area contributed by atoms with Crippen LogP contribution in [-0.2, 0) is 24.5 Å². The van der Waals surface area contributed by atoms with Gasteiger partial charge in [0.25, 0.3) is 0 Å². The molecule has 2 aromatic carbocycles. The van der Waals surface area contributed by atoms with Gasteiger partial charge in [-0.3, -0.25) is 4.79 Å². The van der Waals surface area contributed by atoms with E-state index in [2.05, 4.69) is 15.4 Å². The minimum absolute atomic E-state index is 0.0424. The Morgan fingerprint density at radius 2 is 1.85 bits per heavy atom. The summed E-state index contributed by atoms with van der Waals surface area (Å²) in [7, 11) is 1.77. The van der Waals surface area contributed by atoms with Crippen molar-refractivity contribution in [2.45, 2.75) is 26.6 Å². The topological polar surface area (TPSA) is 73.1 Å². The molecule has 0 saturated carbocycles. The first-order valence-corrected chi connectivity index (χ1v) is 8.35. The first-order valence-electron chi connectivity index (χ1n) is 8.35. The van der Waals surface area contributed by atoms with Gasteiger partial charge in [0.2, 0.25) is 11.7 Å². The number of hydrogen-bond acceptors (Lipinski definition) is 5. The van der Waals surface area contributed by atoms with Gasteiger partial charge in [-0.05, 0) is 35.4 Å². The number of ether oxygens (including phenoxy) is 1. The molecular formula is C19H21N5O2. The van der Waals surface area contributed by atoms with Crippen LogP contribution in [0.5, 0.6) is 5.75 Å². The smallest absolute Gasteiger partial charge is 0.246 e. The lowest BCUT2D eigenvalue weighted by Crippen LogP contribution is -2.30. The summed E-state index contributed by atoms with van der Waals surface area (Å²) in [6, 6.07) is 17.4. The van der Waals surface area contributed by atoms with Gasteiger partial charge in [0.05, 0.1) is 0 Å². The van der Waals surface area contributed by atoms with Crippen LogP contribution in [-0.4, -0.2) is 38.1 Å². The molecule has 0 unspecified atom stereocenters. The Kier molecular flexibility index (Phi) is 5.58. The molecule has 1 aromatic heterocycles. The molecule has 26 heavy (non-hydrogen) atoms. The van der Waals surface area contributed by atoms with E-state index < -0.39 is 0 Å². The van der Waals surface area contributed by atoms with Gasteiger partial charge in [-0.25, -0.2) is 0 Å². The van der Waals surface area contributed by atoms with Gasteiger partial charge in [-0.1, -0.05) is 42.5 Å². The Hall–Kier alpha value is -3.22. The zero-order valence-electron chi connectivity index (χ0n) is 14.9. The second kappa shape index (κ2) is 8.24. The summed E-state index contributed by atoms with van der Waals surface area (Å²) in [5, 5.41) is 12.0. The summed E-state index contributed by atoms with van der Waals surface area (Å²) < 4.78 is 5.58. The number of nitrogens with zero attached hydrogens (tertiary/aromatic N) is 5. The summed E-state index contributed by atoms with van der Waals surface area (Å²) in [6.07, 6.45) is 0. The number of aryl methyl sites for hydroxylation is 1. The summed E-state index contributed by atoms with van der Waals surface area (Å²) in [5.74, 6) is 1.09. The quantitative estimate of drug-likeness (QED) is 0.653. The molecule has 0 spiro atoms.